The first-order valence-corrected chi connectivity index (χ1v) is 6.75. The van der Waals surface area contributed by atoms with Crippen molar-refractivity contribution in [2.45, 2.75) is 36.2 Å². The van der Waals surface area contributed by atoms with Crippen LogP contribution in [0.2, 0.25) is 0 Å². The maximum absolute atomic E-state index is 9.22. The van der Waals surface area contributed by atoms with Gasteiger partial charge in [-0.2, -0.15) is 5.10 Å². The summed E-state index contributed by atoms with van der Waals surface area (Å²) in [6.45, 7) is 0.240. The second-order valence-electron chi connectivity index (χ2n) is 4.31. The summed E-state index contributed by atoms with van der Waals surface area (Å²) in [5.41, 5.74) is 0. The summed E-state index contributed by atoms with van der Waals surface area (Å²) in [5, 5.41) is 16.8. The van der Waals surface area contributed by atoms with Gasteiger partial charge in [-0.15, -0.1) is 11.8 Å². The third-order valence-corrected chi connectivity index (χ3v) is 3.67. The van der Waals surface area contributed by atoms with E-state index >= 15 is 0 Å². The molecule has 0 saturated heterocycles. The number of nitrogens with zero attached hydrogens (tertiary/aromatic N) is 2. The van der Waals surface area contributed by atoms with E-state index in [-0.39, 0.29) is 12.6 Å². The van der Waals surface area contributed by atoms with Gasteiger partial charge < -0.3 is 10.4 Å². The molecule has 2 N–H and O–H groups in total. The Morgan fingerprint density at radius 1 is 1.69 bits per heavy atom. The molecule has 1 saturated carbocycles. The Hall–Kier alpha value is -0.520. The van der Waals surface area contributed by atoms with Gasteiger partial charge in [0.1, 0.15) is 0 Å². The smallest absolute Gasteiger partial charge is 0.0625 e. The maximum Gasteiger partial charge on any atom is 0.0625 e. The van der Waals surface area contributed by atoms with Gasteiger partial charge in [-0.05, 0) is 25.0 Å². The van der Waals surface area contributed by atoms with Gasteiger partial charge in [0.25, 0.3) is 0 Å². The minimum atomic E-state index is 0.240. The van der Waals surface area contributed by atoms with E-state index in [0.717, 1.165) is 12.2 Å². The number of nitrogens with one attached hydrogen (secondary N) is 1. The van der Waals surface area contributed by atoms with E-state index in [2.05, 4.69) is 10.4 Å². The number of aryl methyl sites for hydroxylation is 1. The predicted octanol–water partition coefficient (Wildman–Crippen LogP) is 1.02. The highest BCUT2D eigenvalue weighted by Gasteiger charge is 2.23. The van der Waals surface area contributed by atoms with Gasteiger partial charge in [0.2, 0.25) is 0 Å². The molecule has 1 unspecified atom stereocenters. The van der Waals surface area contributed by atoms with Crippen molar-refractivity contribution < 1.29 is 5.11 Å². The van der Waals surface area contributed by atoms with Crippen LogP contribution in [0.1, 0.15) is 19.3 Å². The summed E-state index contributed by atoms with van der Waals surface area (Å²) in [5.74, 6) is 1.02. The zero-order valence-electron chi connectivity index (χ0n) is 9.59. The van der Waals surface area contributed by atoms with E-state index in [1.807, 2.05) is 24.1 Å². The van der Waals surface area contributed by atoms with E-state index in [9.17, 15) is 5.11 Å². The van der Waals surface area contributed by atoms with Crippen LogP contribution in [0.4, 0.5) is 0 Å². The zero-order chi connectivity index (χ0) is 11.4. The molecule has 90 valence electrons. The van der Waals surface area contributed by atoms with Gasteiger partial charge in [-0.1, -0.05) is 0 Å². The molecule has 5 heteroatoms. The van der Waals surface area contributed by atoms with Crippen LogP contribution in [0.15, 0.2) is 17.3 Å². The molecule has 2 rings (SSSR count). The lowest BCUT2D eigenvalue weighted by molar-refractivity contribution is 0.239. The molecule has 0 radical (unpaired) electrons. The Balaban J connectivity index is 1.65. The highest BCUT2D eigenvalue weighted by atomic mass is 32.2. The number of rotatable bonds is 7. The molecule has 0 bridgehead atoms. The summed E-state index contributed by atoms with van der Waals surface area (Å²) in [4.78, 5) is 1.20. The maximum atomic E-state index is 9.22. The van der Waals surface area contributed by atoms with Crippen molar-refractivity contribution in [1.82, 2.24) is 15.1 Å². The van der Waals surface area contributed by atoms with Gasteiger partial charge >= 0.3 is 0 Å². The van der Waals surface area contributed by atoms with Crippen molar-refractivity contribution >= 4 is 11.8 Å². The van der Waals surface area contributed by atoms with Gasteiger partial charge in [-0.3, -0.25) is 4.68 Å². The van der Waals surface area contributed by atoms with Crippen LogP contribution in [0, 0.1) is 0 Å². The van der Waals surface area contributed by atoms with Gasteiger partial charge in [0.15, 0.2) is 0 Å². The van der Waals surface area contributed by atoms with E-state index in [4.69, 9.17) is 0 Å². The molecule has 1 aromatic heterocycles. The first kappa shape index (κ1) is 12.0. The molecule has 1 aromatic rings. The highest BCUT2D eigenvalue weighted by Crippen LogP contribution is 2.21. The van der Waals surface area contributed by atoms with Crippen molar-refractivity contribution in [1.29, 1.82) is 0 Å². The van der Waals surface area contributed by atoms with Crippen molar-refractivity contribution in [2.75, 3.05) is 12.4 Å². The fraction of sp³-hybridized carbons (Fsp3) is 0.727. The molecule has 0 aliphatic heterocycles. The number of hydrogen-bond donors (Lipinski definition) is 2. The van der Waals surface area contributed by atoms with Crippen LogP contribution < -0.4 is 5.32 Å². The van der Waals surface area contributed by atoms with Gasteiger partial charge in [-0.25, -0.2) is 0 Å². The number of hydrogen-bond acceptors (Lipinski definition) is 4. The Morgan fingerprint density at radius 2 is 2.50 bits per heavy atom. The molecule has 1 atom stereocenters. The van der Waals surface area contributed by atoms with Crippen molar-refractivity contribution in [2.24, 2.45) is 7.05 Å². The molecular formula is C11H19N3OS. The van der Waals surface area contributed by atoms with Crippen LogP contribution in [-0.4, -0.2) is 39.3 Å². The van der Waals surface area contributed by atoms with E-state index < -0.39 is 0 Å². The standard InChI is InChI=1S/C11H19N3OS/c1-14-7-11(6-12-14)16-5-4-10(8-15)13-9-2-3-9/h6-7,9-10,13,15H,2-5,8H2,1H3. The third kappa shape index (κ3) is 3.81. The van der Waals surface area contributed by atoms with E-state index in [1.165, 1.54) is 17.7 Å². The molecular weight excluding hydrogens is 222 g/mol. The minimum absolute atomic E-state index is 0.240. The molecule has 16 heavy (non-hydrogen) atoms. The number of aliphatic hydroxyl groups excluding tert-OH is 1. The fourth-order valence-corrected chi connectivity index (χ4v) is 2.59. The minimum Gasteiger partial charge on any atom is -0.395 e. The summed E-state index contributed by atoms with van der Waals surface area (Å²) in [6, 6.07) is 0.928. The Labute approximate surface area is 100 Å². The van der Waals surface area contributed by atoms with Crippen LogP contribution >= 0.6 is 11.8 Å². The average Bonchev–Trinajstić information content (AvgIpc) is 3.00. The lowest BCUT2D eigenvalue weighted by Gasteiger charge is -2.14. The molecule has 1 fully saturated rings. The Bertz CT molecular complexity index is 325. The van der Waals surface area contributed by atoms with Crippen LogP contribution in [0.5, 0.6) is 0 Å². The van der Waals surface area contributed by atoms with Crippen molar-refractivity contribution in [3.63, 3.8) is 0 Å². The Morgan fingerprint density at radius 3 is 3.06 bits per heavy atom. The Kier molecular flexibility index (Phi) is 4.26. The molecule has 0 amide bonds. The van der Waals surface area contributed by atoms with Gasteiger partial charge in [0.05, 0.1) is 12.8 Å². The highest BCUT2D eigenvalue weighted by molar-refractivity contribution is 7.99. The molecule has 0 aromatic carbocycles. The quantitative estimate of drug-likeness (QED) is 0.700. The largest absolute Gasteiger partial charge is 0.395 e. The van der Waals surface area contributed by atoms with Crippen LogP contribution in [0.25, 0.3) is 0 Å². The summed E-state index contributed by atoms with van der Waals surface area (Å²) in [6.07, 6.45) is 7.45. The third-order valence-electron chi connectivity index (χ3n) is 2.69. The lowest BCUT2D eigenvalue weighted by atomic mass is 10.2. The topological polar surface area (TPSA) is 50.1 Å². The first-order chi connectivity index (χ1) is 7.78. The van der Waals surface area contributed by atoms with Crippen LogP contribution in [0.3, 0.4) is 0 Å². The van der Waals surface area contributed by atoms with Crippen molar-refractivity contribution in [3.05, 3.63) is 12.4 Å². The van der Waals surface area contributed by atoms with E-state index in [0.29, 0.717) is 6.04 Å². The molecule has 1 aliphatic rings. The first-order valence-electron chi connectivity index (χ1n) is 5.76. The lowest BCUT2D eigenvalue weighted by Crippen LogP contribution is -2.34. The molecule has 1 heterocycles. The SMILES string of the molecule is Cn1cc(SCCC(CO)NC2CC2)cn1. The summed E-state index contributed by atoms with van der Waals surface area (Å²) in [7, 11) is 1.93. The summed E-state index contributed by atoms with van der Waals surface area (Å²) >= 11 is 1.80. The molecule has 1 aliphatic carbocycles. The van der Waals surface area contributed by atoms with Gasteiger partial charge in [0, 0.05) is 30.2 Å². The monoisotopic (exact) mass is 241 g/mol. The normalized spacial score (nSPS) is 17.6. The molecule has 4 nitrogen and oxygen atoms in total. The van der Waals surface area contributed by atoms with E-state index in [1.54, 1.807) is 11.8 Å². The molecule has 0 spiro atoms. The number of aliphatic hydroxyl groups is 1. The fourth-order valence-electron chi connectivity index (χ4n) is 1.60. The van der Waals surface area contributed by atoms with Crippen molar-refractivity contribution in [3.8, 4) is 0 Å². The predicted molar refractivity (Wildman–Crippen MR) is 65.6 cm³/mol. The second kappa shape index (κ2) is 5.70. The number of thioether (sulfide) groups is 1. The van der Waals surface area contributed by atoms with Crippen LogP contribution in [-0.2, 0) is 7.05 Å². The number of aromatic nitrogens is 2. The summed E-state index contributed by atoms with van der Waals surface area (Å²) < 4.78 is 1.81. The second-order valence-corrected chi connectivity index (χ2v) is 5.48. The average molecular weight is 241 g/mol. The zero-order valence-corrected chi connectivity index (χ0v) is 10.4.